The number of hydrogen-bond acceptors (Lipinski definition) is 4. The van der Waals surface area contributed by atoms with E-state index in [9.17, 15) is 14.0 Å². The van der Waals surface area contributed by atoms with Gasteiger partial charge in [0.2, 0.25) is 0 Å². The van der Waals surface area contributed by atoms with Gasteiger partial charge in [-0.05, 0) is 54.0 Å². The second-order valence-electron chi connectivity index (χ2n) is 11.1. The molecule has 0 spiro atoms. The highest BCUT2D eigenvalue weighted by Crippen LogP contribution is 2.51. The molecule has 0 fully saturated rings. The zero-order chi connectivity index (χ0) is 23.7. The fourth-order valence-electron chi connectivity index (χ4n) is 5.49. The van der Waals surface area contributed by atoms with Crippen LogP contribution in [0.15, 0.2) is 57.3 Å². The second-order valence-corrected chi connectivity index (χ2v) is 11.5. The lowest BCUT2D eigenvalue weighted by atomic mass is 9.65. The van der Waals surface area contributed by atoms with Crippen LogP contribution < -0.4 is 5.32 Å². The quantitative estimate of drug-likeness (QED) is 0.533. The van der Waals surface area contributed by atoms with Crippen molar-refractivity contribution in [3.05, 3.63) is 69.5 Å². The van der Waals surface area contributed by atoms with Crippen LogP contribution in [0.5, 0.6) is 0 Å². The van der Waals surface area contributed by atoms with Gasteiger partial charge in [0.05, 0.1) is 10.9 Å². The molecule has 2 heterocycles. The topological polar surface area (TPSA) is 59.3 Å². The van der Waals surface area contributed by atoms with Gasteiger partial charge in [-0.15, -0.1) is 0 Å². The summed E-state index contributed by atoms with van der Waals surface area (Å²) in [6.07, 6.45) is 2.31. The molecule has 0 amide bonds. The Morgan fingerprint density at radius 2 is 1.48 bits per heavy atom. The maximum absolute atomic E-state index is 13.6. The molecule has 0 atom stereocenters. The average Bonchev–Trinajstić information content (AvgIpc) is 3.16. The molecule has 1 aromatic heterocycles. The number of nitrogens with one attached hydrogen (secondary N) is 1. The fourth-order valence-corrected chi connectivity index (χ4v) is 5.67. The van der Waals surface area contributed by atoms with Gasteiger partial charge in [-0.25, -0.2) is 4.39 Å². The summed E-state index contributed by atoms with van der Waals surface area (Å²) in [4.78, 5) is 26.7. The standard InChI is InChI=1S/C27H27ClFNO3/c1-26(2)10-17-23(19(31)12-26)25(24-18(30-17)11-27(3,4)13-20(24)32)22-8-7-21(33-22)14-5-6-16(29)15(28)9-14/h5-9,25,30H,10-13H2,1-4H3. The Morgan fingerprint density at radius 1 is 0.909 bits per heavy atom. The Hall–Kier alpha value is -2.66. The van der Waals surface area contributed by atoms with Crippen LogP contribution in [0.1, 0.15) is 65.1 Å². The highest BCUT2D eigenvalue weighted by Gasteiger charge is 2.47. The molecule has 1 N–H and O–H groups in total. The van der Waals surface area contributed by atoms with Gasteiger partial charge in [0.1, 0.15) is 17.3 Å². The van der Waals surface area contributed by atoms with Crippen molar-refractivity contribution in [2.45, 2.75) is 59.3 Å². The molecule has 172 valence electrons. The lowest BCUT2D eigenvalue weighted by molar-refractivity contribution is -0.119. The molecule has 0 unspecified atom stereocenters. The Labute approximate surface area is 197 Å². The van der Waals surface area contributed by atoms with Gasteiger partial charge in [0.15, 0.2) is 11.6 Å². The van der Waals surface area contributed by atoms with E-state index in [4.69, 9.17) is 16.0 Å². The van der Waals surface area contributed by atoms with Crippen LogP contribution in [0.4, 0.5) is 4.39 Å². The molecule has 0 radical (unpaired) electrons. The van der Waals surface area contributed by atoms with E-state index in [1.807, 2.05) is 6.07 Å². The lowest BCUT2D eigenvalue weighted by Gasteiger charge is -2.43. The number of Topliss-reactive ketones (excluding diaryl/α,β-unsaturated/α-hetero) is 2. The van der Waals surface area contributed by atoms with Crippen molar-refractivity contribution in [3.63, 3.8) is 0 Å². The highest BCUT2D eigenvalue weighted by atomic mass is 35.5. The lowest BCUT2D eigenvalue weighted by Crippen LogP contribution is -2.42. The molecule has 6 heteroatoms. The normalized spacial score (nSPS) is 22.2. The predicted octanol–water partition coefficient (Wildman–Crippen LogP) is 6.71. The largest absolute Gasteiger partial charge is 0.460 e. The molecule has 5 rings (SSSR count). The first kappa shape index (κ1) is 22.1. The molecule has 33 heavy (non-hydrogen) atoms. The molecule has 2 aromatic rings. The number of carbonyl (C=O) groups excluding carboxylic acids is 2. The first-order valence-electron chi connectivity index (χ1n) is 11.3. The Kier molecular flexibility index (Phi) is 4.98. The van der Waals surface area contributed by atoms with E-state index in [0.717, 1.165) is 24.2 Å². The number of carbonyl (C=O) groups is 2. The van der Waals surface area contributed by atoms with Gasteiger partial charge < -0.3 is 9.73 Å². The smallest absolute Gasteiger partial charge is 0.162 e. The number of ketones is 2. The molecule has 1 aromatic carbocycles. The summed E-state index contributed by atoms with van der Waals surface area (Å²) >= 11 is 5.96. The third-order valence-corrected chi connectivity index (χ3v) is 7.12. The third kappa shape index (κ3) is 3.86. The van der Waals surface area contributed by atoms with E-state index < -0.39 is 11.7 Å². The van der Waals surface area contributed by atoms with Crippen LogP contribution in [-0.4, -0.2) is 11.6 Å². The van der Waals surface area contributed by atoms with Crippen molar-refractivity contribution in [2.75, 3.05) is 0 Å². The van der Waals surface area contributed by atoms with E-state index in [1.165, 1.54) is 12.1 Å². The van der Waals surface area contributed by atoms with E-state index >= 15 is 0 Å². The second kappa shape index (κ2) is 7.42. The summed E-state index contributed by atoms with van der Waals surface area (Å²) in [5.41, 5.74) is 3.40. The summed E-state index contributed by atoms with van der Waals surface area (Å²) in [7, 11) is 0. The number of hydrogen-bond donors (Lipinski definition) is 1. The Bertz CT molecular complexity index is 1210. The molecule has 3 aliphatic rings. The van der Waals surface area contributed by atoms with Crippen molar-refractivity contribution in [1.29, 1.82) is 0 Å². The molecular weight excluding hydrogens is 441 g/mol. The minimum atomic E-state index is -0.534. The first-order valence-corrected chi connectivity index (χ1v) is 11.7. The number of furan rings is 1. The van der Waals surface area contributed by atoms with Crippen LogP contribution in [-0.2, 0) is 9.59 Å². The molecule has 2 aliphatic carbocycles. The van der Waals surface area contributed by atoms with Crippen LogP contribution >= 0.6 is 11.6 Å². The zero-order valence-electron chi connectivity index (χ0n) is 19.3. The van der Waals surface area contributed by atoms with Crippen molar-refractivity contribution >= 4 is 23.2 Å². The SMILES string of the molecule is CC1(C)CC(=O)C2=C(C1)NC1=C(C(=O)CC(C)(C)C1)C2c1ccc(-c2ccc(F)c(Cl)c2)o1. The summed E-state index contributed by atoms with van der Waals surface area (Å²) in [5, 5.41) is 3.51. The van der Waals surface area contributed by atoms with Crippen molar-refractivity contribution in [2.24, 2.45) is 10.8 Å². The average molecular weight is 468 g/mol. The summed E-state index contributed by atoms with van der Waals surface area (Å²) in [5.74, 6) is 0.125. The molecular formula is C27H27ClFNO3. The van der Waals surface area contributed by atoms with Gasteiger partial charge in [-0.2, -0.15) is 0 Å². The van der Waals surface area contributed by atoms with Gasteiger partial charge >= 0.3 is 0 Å². The van der Waals surface area contributed by atoms with Crippen molar-refractivity contribution in [3.8, 4) is 11.3 Å². The van der Waals surface area contributed by atoms with E-state index in [-0.39, 0.29) is 27.4 Å². The maximum atomic E-state index is 13.6. The number of rotatable bonds is 2. The number of benzene rings is 1. The number of dihydropyridines is 1. The third-order valence-electron chi connectivity index (χ3n) is 6.83. The van der Waals surface area contributed by atoms with Crippen molar-refractivity contribution < 1.29 is 18.4 Å². The van der Waals surface area contributed by atoms with E-state index in [0.29, 0.717) is 41.1 Å². The van der Waals surface area contributed by atoms with Crippen LogP contribution in [0.3, 0.4) is 0 Å². The van der Waals surface area contributed by atoms with Gasteiger partial charge in [-0.1, -0.05) is 39.3 Å². The monoisotopic (exact) mass is 467 g/mol. The number of allylic oxidation sites excluding steroid dienone is 4. The molecule has 0 saturated heterocycles. The Morgan fingerprint density at radius 3 is 2.03 bits per heavy atom. The predicted molar refractivity (Wildman–Crippen MR) is 125 cm³/mol. The summed E-state index contributed by atoms with van der Waals surface area (Å²) < 4.78 is 19.9. The van der Waals surface area contributed by atoms with Gasteiger partial charge in [0, 0.05) is 40.9 Å². The van der Waals surface area contributed by atoms with E-state index in [2.05, 4.69) is 33.0 Å². The molecule has 1 aliphatic heterocycles. The number of halogens is 2. The maximum Gasteiger partial charge on any atom is 0.162 e. The molecule has 0 saturated carbocycles. The highest BCUT2D eigenvalue weighted by molar-refractivity contribution is 6.31. The Balaban J connectivity index is 1.65. The fraction of sp³-hybridized carbons (Fsp3) is 0.407. The van der Waals surface area contributed by atoms with Crippen molar-refractivity contribution in [1.82, 2.24) is 5.32 Å². The minimum absolute atomic E-state index is 0.0108. The molecule has 4 nitrogen and oxygen atoms in total. The van der Waals surface area contributed by atoms with Crippen LogP contribution in [0.25, 0.3) is 11.3 Å². The zero-order valence-corrected chi connectivity index (χ0v) is 20.0. The molecule has 0 bridgehead atoms. The van der Waals surface area contributed by atoms with Crippen LogP contribution in [0.2, 0.25) is 5.02 Å². The summed E-state index contributed by atoms with van der Waals surface area (Å²) in [6.45, 7) is 8.37. The van der Waals surface area contributed by atoms with Gasteiger partial charge in [-0.3, -0.25) is 9.59 Å². The van der Waals surface area contributed by atoms with E-state index in [1.54, 1.807) is 12.1 Å². The van der Waals surface area contributed by atoms with Gasteiger partial charge in [0.25, 0.3) is 0 Å². The minimum Gasteiger partial charge on any atom is -0.460 e. The van der Waals surface area contributed by atoms with Crippen LogP contribution in [0, 0.1) is 16.6 Å². The summed E-state index contributed by atoms with van der Waals surface area (Å²) in [6, 6.07) is 8.02. The first-order chi connectivity index (χ1) is 15.4.